The molecule has 9 aliphatic rings. The predicted molar refractivity (Wildman–Crippen MR) is 318 cm³/mol. The number of aliphatic hydroxyl groups excluding tert-OH is 24. The second-order valence-electron chi connectivity index (χ2n) is 25.8. The normalized spacial score (nSPS) is 49.3. The largest absolute Gasteiger partial charge is 0.394 e. The first-order valence-electron chi connectivity index (χ1n) is 32.9. The first-order chi connectivity index (χ1) is 48.9. The van der Waals surface area contributed by atoms with Crippen LogP contribution in [-0.2, 0) is 90.2 Å². The van der Waals surface area contributed by atoms with Crippen molar-refractivity contribution in [2.24, 2.45) is 0 Å². The van der Waals surface area contributed by atoms with Gasteiger partial charge in [0, 0.05) is 13.3 Å². The Kier molecular flexibility index (Phi) is 30.6. The van der Waals surface area contributed by atoms with Crippen molar-refractivity contribution < 1.29 is 213 Å². The maximum Gasteiger partial charge on any atom is 0.240 e. The Morgan fingerprint density at radius 2 is 0.728 bits per heavy atom. The van der Waals surface area contributed by atoms with Crippen molar-refractivity contribution in [1.82, 2.24) is 10.6 Å². The van der Waals surface area contributed by atoms with E-state index in [2.05, 4.69) is 10.6 Å². The van der Waals surface area contributed by atoms with Gasteiger partial charge in [0.05, 0.1) is 64.7 Å². The molecule has 26 N–H and O–H groups in total. The summed E-state index contributed by atoms with van der Waals surface area (Å²) in [5.74, 6) is -1.79. The van der Waals surface area contributed by atoms with Gasteiger partial charge in [-0.1, -0.05) is 0 Å². The van der Waals surface area contributed by atoms with Crippen LogP contribution in [0.25, 0.3) is 0 Å². The summed E-state index contributed by atoms with van der Waals surface area (Å²) in [6, 6.07) is -1.77. The highest BCUT2D eigenvalue weighted by atomic mass is 32.2. The monoisotopic (exact) mass is 1530 g/mol. The molecule has 46 heteroatoms. The molecule has 596 valence electrons. The van der Waals surface area contributed by atoms with Gasteiger partial charge < -0.3 is 204 Å². The number of amides is 3. The van der Waals surface area contributed by atoms with Crippen molar-refractivity contribution in [2.75, 3.05) is 65.2 Å². The number of carbonyl (C=O) groups is 3. The fourth-order valence-corrected chi connectivity index (χ4v) is 14.1. The fraction of sp³-hybridized carbons (Fsp3) is 0.947. The van der Waals surface area contributed by atoms with Gasteiger partial charge in [0.1, 0.15) is 195 Å². The minimum atomic E-state index is -2.39. The van der Waals surface area contributed by atoms with Crippen LogP contribution in [0.2, 0.25) is 0 Å². The van der Waals surface area contributed by atoms with Crippen molar-refractivity contribution in [3.05, 3.63) is 0 Å². The van der Waals surface area contributed by atoms with Crippen LogP contribution in [0.5, 0.6) is 0 Å². The Bertz CT molecular complexity index is 2660. The Morgan fingerprint density at radius 3 is 1.17 bits per heavy atom. The first kappa shape index (κ1) is 84.4. The number of imide groups is 1. The van der Waals surface area contributed by atoms with Crippen LogP contribution in [0, 0.1) is 0 Å². The van der Waals surface area contributed by atoms with E-state index in [-0.39, 0.29) is 25.2 Å². The van der Waals surface area contributed by atoms with Crippen LogP contribution >= 0.6 is 11.8 Å². The summed E-state index contributed by atoms with van der Waals surface area (Å²) in [5.41, 5.74) is 0. The molecule has 9 saturated heterocycles. The van der Waals surface area contributed by atoms with Crippen molar-refractivity contribution in [3.63, 3.8) is 0 Å². The Hall–Kier alpha value is -2.64. The molecule has 41 atom stereocenters. The standard InChI is InChI=1S/C57H94N2O43S/c1-14(67)58-25-31(74)26(69)15(6-60)89-50(25)101-48-35(78)30(73)19(10-64)93-57(48)99-45-22(96-51(87-3-2-4-103-23-5-24(68)59-49(23)86)42(85)46(45)100-53-39(82)33(76)28(71)17(8-62)91-53)13-88-56-47(34(77)29(72)18(9-63)92-56)102-55-41(84)37(80)44(21(12-66)95-55)98-54-40(83)36(79)43(20(11-65)94-54)97-52-38(81)32(75)27(70)16(7-61)90-52/h15-23,25-48,50-57,60-66,69-85H,2-13H2,1H3,(H,58,67)(H,59,68,86)/t15?,16?,17?,18?,19?,20?,21?,22?,23?,25?,26-,27+,28-,29-,30-,31-,32+,33+,34+,35+,36-,37-,38?,39?,40?,41?,42?,43+,44-,45-,46-,47?,48?,50-,51+,52-,53+,54+,55+,56-,57+/m1/s1. The summed E-state index contributed by atoms with van der Waals surface area (Å²) in [6.45, 7) is -7.83. The highest BCUT2D eigenvalue weighted by molar-refractivity contribution is 8.00. The van der Waals surface area contributed by atoms with Gasteiger partial charge in [0.15, 0.2) is 50.3 Å². The van der Waals surface area contributed by atoms with E-state index in [1.807, 2.05) is 0 Å². The Morgan fingerprint density at radius 1 is 0.379 bits per heavy atom. The summed E-state index contributed by atoms with van der Waals surface area (Å²) in [5, 5.41) is 267. The average Bonchev–Trinajstić information content (AvgIpc) is 0.859. The predicted octanol–water partition coefficient (Wildman–Crippen LogP) is -17.7. The van der Waals surface area contributed by atoms with Crippen molar-refractivity contribution in [2.45, 2.75) is 271 Å². The van der Waals surface area contributed by atoms with Gasteiger partial charge in [-0.2, -0.15) is 0 Å². The molecule has 0 aromatic rings. The third kappa shape index (κ3) is 18.7. The molecule has 0 aliphatic carbocycles. The molecule has 17 unspecified atom stereocenters. The van der Waals surface area contributed by atoms with Gasteiger partial charge in [0.2, 0.25) is 17.7 Å². The zero-order chi connectivity index (χ0) is 75.3. The lowest BCUT2D eigenvalue weighted by Gasteiger charge is -2.51. The van der Waals surface area contributed by atoms with Gasteiger partial charge in [-0.15, -0.1) is 11.8 Å². The molecular formula is C57H94N2O43S. The number of rotatable bonds is 29. The molecule has 0 radical (unpaired) electrons. The lowest BCUT2D eigenvalue weighted by atomic mass is 9.95. The molecule has 9 aliphatic heterocycles. The van der Waals surface area contributed by atoms with Gasteiger partial charge in [-0.05, 0) is 12.2 Å². The van der Waals surface area contributed by atoms with E-state index in [0.717, 1.165) is 18.7 Å². The smallest absolute Gasteiger partial charge is 0.240 e. The first-order valence-corrected chi connectivity index (χ1v) is 34.0. The van der Waals surface area contributed by atoms with E-state index in [1.54, 1.807) is 0 Å². The van der Waals surface area contributed by atoms with E-state index in [0.29, 0.717) is 0 Å². The second-order valence-corrected chi connectivity index (χ2v) is 27.1. The number of carbonyl (C=O) groups excluding carboxylic acids is 3. The van der Waals surface area contributed by atoms with Crippen LogP contribution in [-0.4, -0.2) is 456 Å². The molecule has 0 aromatic carbocycles. The van der Waals surface area contributed by atoms with E-state index >= 15 is 0 Å². The van der Waals surface area contributed by atoms with Gasteiger partial charge >= 0.3 is 0 Å². The number of nitrogens with one attached hydrogen (secondary N) is 2. The number of ether oxygens (including phenoxy) is 16. The molecule has 0 aromatic heterocycles. The zero-order valence-corrected chi connectivity index (χ0v) is 55.4. The lowest BCUT2D eigenvalue weighted by Crippen LogP contribution is -2.69. The molecule has 0 bridgehead atoms. The molecule has 0 saturated carbocycles. The Balaban J connectivity index is 1.01. The third-order valence-electron chi connectivity index (χ3n) is 18.8. The molecular weight excluding hydrogens is 1430 g/mol. The third-order valence-corrected chi connectivity index (χ3v) is 20.1. The molecule has 45 nitrogen and oxygen atoms in total. The maximum atomic E-state index is 12.5. The highest BCUT2D eigenvalue weighted by Gasteiger charge is 2.60. The molecule has 9 fully saturated rings. The molecule has 3 amide bonds. The second kappa shape index (κ2) is 37.4. The highest BCUT2D eigenvalue weighted by Crippen LogP contribution is 2.40. The Labute approximate surface area is 587 Å². The number of thioether (sulfide) groups is 1. The summed E-state index contributed by atoms with van der Waals surface area (Å²) >= 11 is 1.07. The minimum absolute atomic E-state index is 0.0416. The minimum Gasteiger partial charge on any atom is -0.394 e. The summed E-state index contributed by atoms with van der Waals surface area (Å²) < 4.78 is 94.7. The van der Waals surface area contributed by atoms with Crippen LogP contribution in [0.15, 0.2) is 0 Å². The topological polar surface area (TPSA) is 708 Å². The summed E-state index contributed by atoms with van der Waals surface area (Å²) in [6.07, 6.45) is -80.2. The lowest BCUT2D eigenvalue weighted by molar-refractivity contribution is -0.405. The van der Waals surface area contributed by atoms with Gasteiger partial charge in [-0.25, -0.2) is 0 Å². The zero-order valence-electron chi connectivity index (χ0n) is 54.6. The van der Waals surface area contributed by atoms with Crippen molar-refractivity contribution in [3.8, 4) is 0 Å². The van der Waals surface area contributed by atoms with Crippen LogP contribution in [0.3, 0.4) is 0 Å². The van der Waals surface area contributed by atoms with Crippen molar-refractivity contribution >= 4 is 29.5 Å². The molecule has 9 heterocycles. The summed E-state index contributed by atoms with van der Waals surface area (Å²) in [7, 11) is 0. The van der Waals surface area contributed by atoms with Crippen LogP contribution < -0.4 is 10.6 Å². The van der Waals surface area contributed by atoms with Gasteiger partial charge in [-0.3, -0.25) is 19.7 Å². The molecule has 103 heavy (non-hydrogen) atoms. The SMILES string of the molecule is CC(=O)NC1[C@@H](OC2[C@H](O[C@@H]3C(CO[C@@H]4OC(CO)[C@@H](O)[C@H](O)C4O[C@@H]4OC(CO)[C@@H](O[C@@H]5OC(CO)[C@H](O[C@H]6OC(CO)[C@H](O)[C@H](O)C6O)[C@H](O)C5O)[C@H](O)C4O)O[C@H](OCCCSC4CC(=O)NC4=O)C(O)[C@H]3O[C@@H]3OC(CO)[C@@H](O)[C@H](O)C3O)OC(CO)[C@@H](O)[C@@H]2O)OC(CO)[C@@H](O)[C@@H]1O. The fourth-order valence-electron chi connectivity index (χ4n) is 13.0. The van der Waals surface area contributed by atoms with Crippen LogP contribution in [0.4, 0.5) is 0 Å². The van der Waals surface area contributed by atoms with Gasteiger partial charge in [0.25, 0.3) is 0 Å². The summed E-state index contributed by atoms with van der Waals surface area (Å²) in [4.78, 5) is 36.8. The van der Waals surface area contributed by atoms with Crippen molar-refractivity contribution in [1.29, 1.82) is 0 Å². The maximum absolute atomic E-state index is 12.5. The number of aliphatic hydroxyl groups is 24. The van der Waals surface area contributed by atoms with E-state index in [9.17, 15) is 137 Å². The van der Waals surface area contributed by atoms with Crippen LogP contribution in [0.1, 0.15) is 19.8 Å². The quantitative estimate of drug-likeness (QED) is 0.0244. The average molecular weight is 1530 g/mol. The molecule has 9 rings (SSSR count). The van der Waals surface area contributed by atoms with E-state index in [1.165, 1.54) is 0 Å². The number of hydrogen-bond donors (Lipinski definition) is 26. The molecule has 0 spiro atoms. The number of hydrogen-bond acceptors (Lipinski definition) is 44. The van der Waals surface area contributed by atoms with E-state index < -0.39 is 321 Å². The van der Waals surface area contributed by atoms with E-state index in [4.69, 9.17) is 75.8 Å².